The fraction of sp³-hybridized carbons (Fsp3) is 0.276. The van der Waals surface area contributed by atoms with E-state index in [1.54, 1.807) is 19.6 Å². The molecule has 9 nitrogen and oxygen atoms in total. The molecule has 2 N–H and O–H groups in total. The zero-order valence-corrected chi connectivity index (χ0v) is 23.1. The van der Waals surface area contributed by atoms with Gasteiger partial charge >= 0.3 is 0 Å². The molecule has 0 bridgehead atoms. The van der Waals surface area contributed by atoms with Crippen LogP contribution in [0.5, 0.6) is 5.75 Å². The average molecular weight is 546 g/mol. The third kappa shape index (κ3) is 5.25. The molecule has 0 radical (unpaired) electrons. The van der Waals surface area contributed by atoms with Crippen molar-refractivity contribution in [3.8, 4) is 5.75 Å². The lowest BCUT2D eigenvalue weighted by Crippen LogP contribution is -2.29. The molecule has 1 fully saturated rings. The minimum absolute atomic E-state index is 0.0664. The summed E-state index contributed by atoms with van der Waals surface area (Å²) in [6.45, 7) is 4.77. The number of ether oxygens (including phenoxy) is 2. The highest BCUT2D eigenvalue weighted by atomic mass is 32.1. The Labute approximate surface area is 232 Å². The van der Waals surface area contributed by atoms with Gasteiger partial charge in [-0.15, -0.1) is 0 Å². The number of rotatable bonds is 9. The molecule has 1 aliphatic heterocycles. The molecule has 0 spiro atoms. The number of carbonyl (C=O) groups is 1. The first-order valence-electron chi connectivity index (χ1n) is 12.6. The highest BCUT2D eigenvalue weighted by Gasteiger charge is 2.42. The summed E-state index contributed by atoms with van der Waals surface area (Å²) in [4.78, 5) is 19.1. The molecular weight excluding hydrogens is 514 g/mol. The van der Waals surface area contributed by atoms with Gasteiger partial charge in [0, 0.05) is 30.4 Å². The Morgan fingerprint density at radius 3 is 2.69 bits per heavy atom. The number of hydrogen-bond donors (Lipinski definition) is 2. The van der Waals surface area contributed by atoms with Gasteiger partial charge in [0.15, 0.2) is 5.11 Å². The zero-order valence-electron chi connectivity index (χ0n) is 22.3. The molecule has 202 valence electrons. The number of aryl methyl sites for hydroxylation is 1. The molecule has 10 heteroatoms. The zero-order chi connectivity index (χ0) is 27.5. The molecule has 1 aromatic carbocycles. The maximum absolute atomic E-state index is 12.4. The van der Waals surface area contributed by atoms with Gasteiger partial charge in [-0.1, -0.05) is 6.07 Å². The molecule has 1 saturated heterocycles. The van der Waals surface area contributed by atoms with E-state index < -0.39 is 0 Å². The van der Waals surface area contributed by atoms with Gasteiger partial charge in [-0.25, -0.2) is 0 Å². The second-order valence-corrected chi connectivity index (χ2v) is 9.74. The number of nitrogens with one attached hydrogen (secondary N) is 2. The summed E-state index contributed by atoms with van der Waals surface area (Å²) in [5.41, 5.74) is 5.55. The first-order chi connectivity index (χ1) is 18.9. The van der Waals surface area contributed by atoms with Crippen molar-refractivity contribution in [3.05, 3.63) is 95.5 Å². The van der Waals surface area contributed by atoms with Crippen molar-refractivity contribution in [2.45, 2.75) is 32.5 Å². The summed E-state index contributed by atoms with van der Waals surface area (Å²) < 4.78 is 18.4. The van der Waals surface area contributed by atoms with Crippen molar-refractivity contribution >= 4 is 34.6 Å². The van der Waals surface area contributed by atoms with Gasteiger partial charge < -0.3 is 34.0 Å². The number of pyridine rings is 1. The first kappa shape index (κ1) is 26.5. The van der Waals surface area contributed by atoms with Crippen molar-refractivity contribution in [3.63, 3.8) is 0 Å². The van der Waals surface area contributed by atoms with Crippen LogP contribution in [0.4, 0.5) is 11.4 Å². The van der Waals surface area contributed by atoms with E-state index in [-0.39, 0.29) is 24.6 Å². The highest BCUT2D eigenvalue weighted by Crippen LogP contribution is 2.44. The Morgan fingerprint density at radius 2 is 2.00 bits per heavy atom. The van der Waals surface area contributed by atoms with E-state index in [0.717, 1.165) is 34.1 Å². The van der Waals surface area contributed by atoms with Crippen LogP contribution in [0.3, 0.4) is 0 Å². The van der Waals surface area contributed by atoms with Crippen molar-refractivity contribution in [2.75, 3.05) is 31.0 Å². The lowest BCUT2D eigenvalue weighted by Gasteiger charge is -2.29. The van der Waals surface area contributed by atoms with E-state index >= 15 is 0 Å². The van der Waals surface area contributed by atoms with E-state index in [4.69, 9.17) is 26.1 Å². The van der Waals surface area contributed by atoms with Crippen LogP contribution >= 0.6 is 12.2 Å². The average Bonchev–Trinajstić information content (AvgIpc) is 3.64. The second-order valence-electron chi connectivity index (χ2n) is 9.35. The van der Waals surface area contributed by atoms with Gasteiger partial charge in [0.2, 0.25) is 5.91 Å². The molecule has 2 atom stereocenters. The van der Waals surface area contributed by atoms with Gasteiger partial charge in [0.05, 0.1) is 43.4 Å². The number of benzene rings is 1. The predicted octanol–water partition coefficient (Wildman–Crippen LogP) is 4.91. The number of anilines is 2. The van der Waals surface area contributed by atoms with Crippen LogP contribution in [0, 0.1) is 13.8 Å². The van der Waals surface area contributed by atoms with Crippen LogP contribution in [0.15, 0.2) is 71.5 Å². The standard InChI is InChI=1S/C29H31N5O4S/c1-18-14-22(19(2)33(18)16-21-8-7-13-38-21)28-27(23-9-5-6-12-30-23)32-29(39)34(28)20-10-11-25(37-4)24(15-20)31-26(35)17-36-3/h5-15,27-28H,16-17H2,1-4H3,(H,31,35)(H,32,39)/t27-,28-/m0/s1. The maximum atomic E-state index is 12.4. The molecule has 0 saturated carbocycles. The highest BCUT2D eigenvalue weighted by molar-refractivity contribution is 7.80. The lowest BCUT2D eigenvalue weighted by molar-refractivity contribution is -0.119. The Balaban J connectivity index is 1.60. The van der Waals surface area contributed by atoms with Crippen LogP contribution in [0.25, 0.3) is 0 Å². The van der Waals surface area contributed by atoms with Gasteiger partial charge in [0.1, 0.15) is 18.1 Å². The summed E-state index contributed by atoms with van der Waals surface area (Å²) in [5, 5.41) is 6.95. The summed E-state index contributed by atoms with van der Waals surface area (Å²) in [7, 11) is 3.04. The number of furan rings is 1. The molecular formula is C29H31N5O4S. The van der Waals surface area contributed by atoms with E-state index in [0.29, 0.717) is 23.1 Å². The van der Waals surface area contributed by atoms with E-state index in [1.165, 1.54) is 7.11 Å². The fourth-order valence-corrected chi connectivity index (χ4v) is 5.48. The van der Waals surface area contributed by atoms with Crippen molar-refractivity contribution < 1.29 is 18.7 Å². The minimum Gasteiger partial charge on any atom is -0.495 e. The van der Waals surface area contributed by atoms with Crippen LogP contribution in [-0.4, -0.2) is 41.4 Å². The maximum Gasteiger partial charge on any atom is 0.250 e. The number of aromatic nitrogens is 2. The van der Waals surface area contributed by atoms with Gasteiger partial charge in [-0.05, 0) is 80.2 Å². The van der Waals surface area contributed by atoms with Gasteiger partial charge in [-0.2, -0.15) is 0 Å². The van der Waals surface area contributed by atoms with Crippen LogP contribution < -0.4 is 20.3 Å². The molecule has 4 aromatic rings. The minimum atomic E-state index is -0.278. The molecule has 1 amide bonds. The molecule has 39 heavy (non-hydrogen) atoms. The van der Waals surface area contributed by atoms with E-state index in [2.05, 4.69) is 45.0 Å². The fourth-order valence-electron chi connectivity index (χ4n) is 5.14. The Hall–Kier alpha value is -4.15. The summed E-state index contributed by atoms with van der Waals surface area (Å²) >= 11 is 5.91. The molecule has 5 rings (SSSR count). The molecule has 0 unspecified atom stereocenters. The topological polar surface area (TPSA) is 93.8 Å². The number of methoxy groups -OCH3 is 2. The number of nitrogens with zero attached hydrogens (tertiary/aromatic N) is 3. The van der Waals surface area contributed by atoms with Crippen molar-refractivity contribution in [1.82, 2.24) is 14.9 Å². The first-order valence-corrected chi connectivity index (χ1v) is 13.0. The summed E-state index contributed by atoms with van der Waals surface area (Å²) in [6.07, 6.45) is 3.48. The van der Waals surface area contributed by atoms with Crippen LogP contribution in [0.1, 0.15) is 40.5 Å². The lowest BCUT2D eigenvalue weighted by atomic mass is 9.96. The van der Waals surface area contributed by atoms with E-state index in [9.17, 15) is 4.79 Å². The largest absolute Gasteiger partial charge is 0.495 e. The normalized spacial score (nSPS) is 16.8. The second kappa shape index (κ2) is 11.3. The predicted molar refractivity (Wildman–Crippen MR) is 153 cm³/mol. The number of amides is 1. The van der Waals surface area contributed by atoms with Gasteiger partial charge in [0.25, 0.3) is 0 Å². The summed E-state index contributed by atoms with van der Waals surface area (Å²) in [6, 6.07) is 17.2. The number of carbonyl (C=O) groups excluding carboxylic acids is 1. The summed E-state index contributed by atoms with van der Waals surface area (Å²) in [5.74, 6) is 1.14. The van der Waals surface area contributed by atoms with Crippen LogP contribution in [-0.2, 0) is 16.1 Å². The van der Waals surface area contributed by atoms with Crippen LogP contribution in [0.2, 0.25) is 0 Å². The van der Waals surface area contributed by atoms with E-state index in [1.807, 2.05) is 48.5 Å². The monoisotopic (exact) mass is 545 g/mol. The molecule has 0 aliphatic carbocycles. The Kier molecular flexibility index (Phi) is 7.67. The van der Waals surface area contributed by atoms with Crippen molar-refractivity contribution in [2.24, 2.45) is 0 Å². The third-order valence-corrected chi connectivity index (χ3v) is 7.25. The third-order valence-electron chi connectivity index (χ3n) is 6.93. The number of hydrogen-bond acceptors (Lipinski definition) is 6. The number of thiocarbonyl (C=S) groups is 1. The SMILES string of the molecule is COCC(=O)Nc1cc(N2C(=S)N[C@@H](c3ccccn3)[C@@H]2c2cc(C)n(Cc3ccco3)c2C)ccc1OC. The molecule has 4 heterocycles. The Morgan fingerprint density at radius 1 is 1.15 bits per heavy atom. The van der Waals surface area contributed by atoms with Crippen molar-refractivity contribution in [1.29, 1.82) is 0 Å². The molecule has 1 aliphatic rings. The smallest absolute Gasteiger partial charge is 0.250 e. The van der Waals surface area contributed by atoms with Gasteiger partial charge in [-0.3, -0.25) is 9.78 Å². The Bertz CT molecular complexity index is 1470. The quantitative estimate of drug-likeness (QED) is 0.287. The molecule has 3 aromatic heterocycles.